The summed E-state index contributed by atoms with van der Waals surface area (Å²) >= 11 is 0. The van der Waals surface area contributed by atoms with Gasteiger partial charge in [0.2, 0.25) is 5.91 Å². The molecule has 0 aliphatic carbocycles. The van der Waals surface area contributed by atoms with Crippen LogP contribution in [0.15, 0.2) is 0 Å². The third-order valence-electron chi connectivity index (χ3n) is 6.84. The number of carbonyl (C=O) groups excluding carboxylic acids is 1. The summed E-state index contributed by atoms with van der Waals surface area (Å²) in [5.41, 5.74) is 0. The predicted octanol–water partition coefficient (Wildman–Crippen LogP) is 1.12. The Bertz CT molecular complexity index is 566. The van der Waals surface area contributed by atoms with E-state index in [1.807, 2.05) is 0 Å². The molecule has 1 amide bonds. The molecule has 7 N–H and O–H groups in total. The highest BCUT2D eigenvalue weighted by molar-refractivity contribution is 5.73. The third-order valence-corrected chi connectivity index (χ3v) is 6.84. The Labute approximate surface area is 216 Å². The summed E-state index contributed by atoms with van der Waals surface area (Å²) in [7, 11) is 0. The number of carbonyl (C=O) groups is 1. The number of aliphatic hydroxyl groups excluding tert-OH is 6. The SMILES string of the molecule is CCCCCCCCCCCCCC[C@@H](O)[C@@H](O)[C@H](COC1OC(CO)C(O)C(O)C1O)NC(C)=O. The number of hydrogen-bond donors (Lipinski definition) is 7. The Morgan fingerprint density at radius 3 is 1.89 bits per heavy atom. The molecular formula is C26H51NO9. The Balaban J connectivity index is 2.34. The van der Waals surface area contributed by atoms with Gasteiger partial charge in [0, 0.05) is 6.92 Å². The van der Waals surface area contributed by atoms with E-state index in [-0.39, 0.29) is 6.61 Å². The number of nitrogens with one attached hydrogen (secondary N) is 1. The molecule has 1 rings (SSSR count). The summed E-state index contributed by atoms with van der Waals surface area (Å²) in [4.78, 5) is 11.6. The van der Waals surface area contributed by atoms with E-state index in [9.17, 15) is 35.4 Å². The van der Waals surface area contributed by atoms with Crippen molar-refractivity contribution in [2.24, 2.45) is 0 Å². The summed E-state index contributed by atoms with van der Waals surface area (Å²) in [5, 5.41) is 62.8. The van der Waals surface area contributed by atoms with Crippen LogP contribution in [0.1, 0.15) is 97.3 Å². The third kappa shape index (κ3) is 12.6. The second kappa shape index (κ2) is 19.3. The zero-order chi connectivity index (χ0) is 26.9. The molecule has 0 aromatic heterocycles. The number of rotatable bonds is 20. The molecule has 0 aromatic rings. The molecule has 8 atom stereocenters. The molecule has 214 valence electrons. The summed E-state index contributed by atoms with van der Waals surface area (Å²) in [5.74, 6) is -0.436. The molecule has 1 aliphatic rings. The van der Waals surface area contributed by atoms with Crippen molar-refractivity contribution < 1.29 is 44.9 Å². The van der Waals surface area contributed by atoms with E-state index in [0.717, 1.165) is 25.7 Å². The highest BCUT2D eigenvalue weighted by Gasteiger charge is 2.44. The van der Waals surface area contributed by atoms with Gasteiger partial charge < -0.3 is 45.4 Å². The standard InChI is InChI=1S/C26H51NO9/c1-3-4-5-6-7-8-9-10-11-12-13-14-15-20(30)22(31)19(27-18(2)29)17-35-26-25(34)24(33)23(32)21(16-28)36-26/h19-26,28,30-34H,3-17H2,1-2H3,(H,27,29)/t19-,20+,21?,22-,23?,24?,25?,26?/m0/s1. The molecule has 5 unspecified atom stereocenters. The summed E-state index contributed by atoms with van der Waals surface area (Å²) in [6.45, 7) is 2.58. The van der Waals surface area contributed by atoms with Crippen molar-refractivity contribution in [3.05, 3.63) is 0 Å². The van der Waals surface area contributed by atoms with E-state index < -0.39 is 61.5 Å². The zero-order valence-corrected chi connectivity index (χ0v) is 22.1. The van der Waals surface area contributed by atoms with Crippen molar-refractivity contribution in [3.63, 3.8) is 0 Å². The number of hydrogen-bond acceptors (Lipinski definition) is 9. The summed E-state index contributed by atoms with van der Waals surface area (Å²) in [6.07, 6.45) is 5.07. The van der Waals surface area contributed by atoms with Crippen LogP contribution in [0.4, 0.5) is 0 Å². The minimum atomic E-state index is -1.60. The average Bonchev–Trinajstić information content (AvgIpc) is 2.86. The van der Waals surface area contributed by atoms with E-state index in [1.54, 1.807) is 0 Å². The molecule has 10 heteroatoms. The van der Waals surface area contributed by atoms with Gasteiger partial charge in [0.15, 0.2) is 6.29 Å². The minimum Gasteiger partial charge on any atom is -0.394 e. The van der Waals surface area contributed by atoms with Gasteiger partial charge in [-0.25, -0.2) is 0 Å². The predicted molar refractivity (Wildman–Crippen MR) is 135 cm³/mol. The fourth-order valence-electron chi connectivity index (χ4n) is 4.52. The van der Waals surface area contributed by atoms with E-state index in [1.165, 1.54) is 58.3 Å². The lowest BCUT2D eigenvalue weighted by Crippen LogP contribution is -2.60. The van der Waals surface area contributed by atoms with E-state index in [4.69, 9.17) is 9.47 Å². The molecule has 1 saturated heterocycles. The van der Waals surface area contributed by atoms with Gasteiger partial charge in [0.1, 0.15) is 30.5 Å². The molecule has 0 spiro atoms. The maximum Gasteiger partial charge on any atom is 0.217 e. The van der Waals surface area contributed by atoms with Crippen LogP contribution in [0, 0.1) is 0 Å². The second-order valence-corrected chi connectivity index (χ2v) is 10.1. The summed E-state index contributed by atoms with van der Waals surface area (Å²) < 4.78 is 10.7. The lowest BCUT2D eigenvalue weighted by Gasteiger charge is -2.40. The van der Waals surface area contributed by atoms with E-state index in [0.29, 0.717) is 6.42 Å². The molecule has 0 saturated carbocycles. The highest BCUT2D eigenvalue weighted by Crippen LogP contribution is 2.22. The largest absolute Gasteiger partial charge is 0.394 e. The first-order valence-electron chi connectivity index (χ1n) is 13.8. The number of ether oxygens (including phenoxy) is 2. The molecule has 0 bridgehead atoms. The first-order chi connectivity index (χ1) is 17.2. The van der Waals surface area contributed by atoms with E-state index in [2.05, 4.69) is 12.2 Å². The van der Waals surface area contributed by atoms with Crippen LogP contribution in [0.2, 0.25) is 0 Å². The van der Waals surface area contributed by atoms with Crippen LogP contribution in [0.25, 0.3) is 0 Å². The van der Waals surface area contributed by atoms with Crippen LogP contribution < -0.4 is 5.32 Å². The number of unbranched alkanes of at least 4 members (excludes halogenated alkanes) is 11. The van der Waals surface area contributed by atoms with Gasteiger partial charge in [-0.05, 0) is 6.42 Å². The normalized spacial score (nSPS) is 26.9. The van der Waals surface area contributed by atoms with Crippen molar-refractivity contribution in [2.45, 2.75) is 146 Å². The molecular weight excluding hydrogens is 470 g/mol. The van der Waals surface area contributed by atoms with Crippen molar-refractivity contribution in [1.29, 1.82) is 0 Å². The fraction of sp³-hybridized carbons (Fsp3) is 0.962. The molecule has 1 aliphatic heterocycles. The molecule has 0 radical (unpaired) electrons. The lowest BCUT2D eigenvalue weighted by molar-refractivity contribution is -0.303. The van der Waals surface area contributed by atoms with Crippen LogP contribution in [-0.2, 0) is 14.3 Å². The topological polar surface area (TPSA) is 169 Å². The van der Waals surface area contributed by atoms with Crippen molar-refractivity contribution in [1.82, 2.24) is 5.32 Å². The Morgan fingerprint density at radius 2 is 1.39 bits per heavy atom. The smallest absolute Gasteiger partial charge is 0.217 e. The molecule has 0 aromatic carbocycles. The van der Waals surface area contributed by atoms with Gasteiger partial charge in [-0.3, -0.25) is 4.79 Å². The fourth-order valence-corrected chi connectivity index (χ4v) is 4.52. The van der Waals surface area contributed by atoms with Gasteiger partial charge >= 0.3 is 0 Å². The van der Waals surface area contributed by atoms with Gasteiger partial charge in [-0.2, -0.15) is 0 Å². The van der Waals surface area contributed by atoms with Crippen molar-refractivity contribution >= 4 is 5.91 Å². The number of amides is 1. The Kier molecular flexibility index (Phi) is 17.7. The quantitative estimate of drug-likeness (QED) is 0.116. The number of aliphatic hydroxyl groups is 6. The van der Waals surface area contributed by atoms with Crippen LogP contribution >= 0.6 is 0 Å². The van der Waals surface area contributed by atoms with Gasteiger partial charge in [0.05, 0.1) is 25.4 Å². The molecule has 1 heterocycles. The Hall–Kier alpha value is -0.850. The highest BCUT2D eigenvalue weighted by atomic mass is 16.7. The van der Waals surface area contributed by atoms with Gasteiger partial charge in [0.25, 0.3) is 0 Å². The summed E-state index contributed by atoms with van der Waals surface area (Å²) in [6, 6.07) is -0.984. The van der Waals surface area contributed by atoms with Crippen LogP contribution in [0.3, 0.4) is 0 Å². The molecule has 36 heavy (non-hydrogen) atoms. The van der Waals surface area contributed by atoms with Crippen molar-refractivity contribution in [2.75, 3.05) is 13.2 Å². The van der Waals surface area contributed by atoms with E-state index >= 15 is 0 Å². The second-order valence-electron chi connectivity index (χ2n) is 10.1. The molecule has 10 nitrogen and oxygen atoms in total. The lowest BCUT2D eigenvalue weighted by atomic mass is 9.98. The minimum absolute atomic E-state index is 0.320. The van der Waals surface area contributed by atoms with Crippen LogP contribution in [0.5, 0.6) is 0 Å². The average molecular weight is 522 g/mol. The maximum atomic E-state index is 11.6. The van der Waals surface area contributed by atoms with Gasteiger partial charge in [-0.15, -0.1) is 0 Å². The zero-order valence-electron chi connectivity index (χ0n) is 22.1. The van der Waals surface area contributed by atoms with Crippen molar-refractivity contribution in [3.8, 4) is 0 Å². The van der Waals surface area contributed by atoms with Crippen LogP contribution in [-0.4, -0.2) is 98.7 Å². The first kappa shape index (κ1) is 33.2. The first-order valence-corrected chi connectivity index (χ1v) is 13.8. The van der Waals surface area contributed by atoms with Gasteiger partial charge in [-0.1, -0.05) is 84.0 Å². The maximum absolute atomic E-state index is 11.6. The Morgan fingerprint density at radius 1 is 0.861 bits per heavy atom. The monoisotopic (exact) mass is 521 g/mol. The molecule has 1 fully saturated rings.